The fourth-order valence-corrected chi connectivity index (χ4v) is 1.38. The summed E-state index contributed by atoms with van der Waals surface area (Å²) in [4.78, 5) is 0. The van der Waals surface area contributed by atoms with E-state index in [4.69, 9.17) is 9.47 Å². The zero-order valence-corrected chi connectivity index (χ0v) is 10.6. The van der Waals surface area contributed by atoms with Crippen LogP contribution in [0.25, 0.3) is 0 Å². The van der Waals surface area contributed by atoms with Gasteiger partial charge in [-0.3, -0.25) is 0 Å². The summed E-state index contributed by atoms with van der Waals surface area (Å²) in [7, 11) is 0. The van der Waals surface area contributed by atoms with Crippen LogP contribution in [-0.2, 0) is 16.1 Å². The van der Waals surface area contributed by atoms with E-state index in [-0.39, 0.29) is 11.5 Å². The zero-order chi connectivity index (χ0) is 13.2. The topological polar surface area (TPSA) is 58.9 Å². The lowest BCUT2D eigenvalue weighted by atomic mass is 10.2. The number of hydrogen-bond acceptors (Lipinski definition) is 4. The quantitative estimate of drug-likeness (QED) is 0.551. The highest BCUT2D eigenvalue weighted by molar-refractivity contribution is 5.30. The fraction of sp³-hybridized carbons (Fsp3) is 0.429. The molecule has 4 heteroatoms. The maximum atomic E-state index is 9.50. The number of aliphatic hydroxyl groups excluding tert-OH is 1. The monoisotopic (exact) mass is 252 g/mol. The lowest BCUT2D eigenvalue weighted by molar-refractivity contribution is 0.134. The van der Waals surface area contributed by atoms with Crippen LogP contribution >= 0.6 is 0 Å². The van der Waals surface area contributed by atoms with E-state index in [0.29, 0.717) is 32.8 Å². The van der Waals surface area contributed by atoms with E-state index in [1.165, 1.54) is 0 Å². The van der Waals surface area contributed by atoms with E-state index in [1.54, 1.807) is 24.3 Å². The third-order valence-corrected chi connectivity index (χ3v) is 2.39. The predicted molar refractivity (Wildman–Crippen MR) is 69.6 cm³/mol. The Morgan fingerprint density at radius 2 is 2.06 bits per heavy atom. The Kier molecular flexibility index (Phi) is 6.91. The number of ether oxygens (including phenoxy) is 2. The van der Waals surface area contributed by atoms with Crippen LogP contribution in [0.4, 0.5) is 0 Å². The van der Waals surface area contributed by atoms with E-state index >= 15 is 0 Å². The van der Waals surface area contributed by atoms with Gasteiger partial charge >= 0.3 is 0 Å². The Balaban J connectivity index is 2.22. The average Bonchev–Trinajstić information content (AvgIpc) is 2.37. The first-order valence-electron chi connectivity index (χ1n) is 6.04. The zero-order valence-electron chi connectivity index (χ0n) is 10.6. The van der Waals surface area contributed by atoms with Crippen molar-refractivity contribution >= 4 is 0 Å². The molecule has 0 saturated carbocycles. The molecule has 0 radical (unpaired) electrons. The van der Waals surface area contributed by atoms with Gasteiger partial charge < -0.3 is 19.7 Å². The van der Waals surface area contributed by atoms with E-state index in [1.807, 2.05) is 13.0 Å². The van der Waals surface area contributed by atoms with Crippen LogP contribution in [0.5, 0.6) is 5.75 Å². The van der Waals surface area contributed by atoms with Crippen molar-refractivity contribution in [1.82, 2.24) is 0 Å². The minimum Gasteiger partial charge on any atom is -0.512 e. The molecular formula is C14H20O4. The SMILES string of the molecule is CCOCC/C(O)=C/COCc1ccccc1O. The van der Waals surface area contributed by atoms with Gasteiger partial charge in [0, 0.05) is 18.6 Å². The lowest BCUT2D eigenvalue weighted by Crippen LogP contribution is -1.98. The van der Waals surface area contributed by atoms with Gasteiger partial charge in [-0.15, -0.1) is 0 Å². The maximum absolute atomic E-state index is 9.50. The number of benzene rings is 1. The summed E-state index contributed by atoms with van der Waals surface area (Å²) in [6, 6.07) is 7.02. The summed E-state index contributed by atoms with van der Waals surface area (Å²) in [5.74, 6) is 0.489. The van der Waals surface area contributed by atoms with Crippen LogP contribution in [0.3, 0.4) is 0 Å². The van der Waals surface area contributed by atoms with Crippen molar-refractivity contribution < 1.29 is 19.7 Å². The molecule has 100 valence electrons. The fourth-order valence-electron chi connectivity index (χ4n) is 1.38. The second-order valence-corrected chi connectivity index (χ2v) is 3.79. The van der Waals surface area contributed by atoms with Gasteiger partial charge in [0.15, 0.2) is 0 Å². The predicted octanol–water partition coefficient (Wildman–Crippen LogP) is 2.78. The number of rotatable bonds is 8. The molecule has 0 amide bonds. The number of phenols is 1. The highest BCUT2D eigenvalue weighted by Crippen LogP contribution is 2.16. The number of phenolic OH excluding ortho intramolecular Hbond substituents is 1. The van der Waals surface area contributed by atoms with Gasteiger partial charge in [0.25, 0.3) is 0 Å². The van der Waals surface area contributed by atoms with Crippen molar-refractivity contribution in [1.29, 1.82) is 0 Å². The lowest BCUT2D eigenvalue weighted by Gasteiger charge is -2.05. The first-order chi connectivity index (χ1) is 8.74. The highest BCUT2D eigenvalue weighted by atomic mass is 16.5. The summed E-state index contributed by atoms with van der Waals surface area (Å²) >= 11 is 0. The van der Waals surface area contributed by atoms with Crippen LogP contribution < -0.4 is 0 Å². The number of para-hydroxylation sites is 1. The second-order valence-electron chi connectivity index (χ2n) is 3.79. The standard InChI is InChI=1S/C14H20O4/c1-2-17-9-7-13(15)8-10-18-11-12-5-3-4-6-14(12)16/h3-6,8,15-16H,2,7,9-11H2,1H3/b13-8-. The first-order valence-corrected chi connectivity index (χ1v) is 6.04. The van der Waals surface area contributed by atoms with Crippen LogP contribution in [0, 0.1) is 0 Å². The minimum atomic E-state index is 0.224. The second kappa shape index (κ2) is 8.55. The van der Waals surface area contributed by atoms with Gasteiger partial charge in [-0.05, 0) is 19.1 Å². The molecule has 0 aliphatic heterocycles. The summed E-state index contributed by atoms with van der Waals surface area (Å²) in [5, 5.41) is 19.0. The van der Waals surface area contributed by atoms with Crippen LogP contribution in [0.1, 0.15) is 18.9 Å². The summed E-state index contributed by atoms with van der Waals surface area (Å²) in [5.41, 5.74) is 0.736. The van der Waals surface area contributed by atoms with Gasteiger partial charge in [-0.2, -0.15) is 0 Å². The molecule has 1 aromatic rings. The Morgan fingerprint density at radius 3 is 2.78 bits per heavy atom. The first kappa shape index (κ1) is 14.5. The van der Waals surface area contributed by atoms with Gasteiger partial charge in [0.05, 0.1) is 25.6 Å². The van der Waals surface area contributed by atoms with Crippen LogP contribution in [-0.4, -0.2) is 30.0 Å². The number of aromatic hydroxyl groups is 1. The molecule has 4 nitrogen and oxygen atoms in total. The maximum Gasteiger partial charge on any atom is 0.121 e. The van der Waals surface area contributed by atoms with Crippen molar-refractivity contribution in [2.45, 2.75) is 20.0 Å². The van der Waals surface area contributed by atoms with E-state index < -0.39 is 0 Å². The van der Waals surface area contributed by atoms with Crippen molar-refractivity contribution in [3.63, 3.8) is 0 Å². The third-order valence-electron chi connectivity index (χ3n) is 2.39. The van der Waals surface area contributed by atoms with Crippen molar-refractivity contribution in [3.8, 4) is 5.75 Å². The van der Waals surface area contributed by atoms with E-state index in [9.17, 15) is 10.2 Å². The number of aliphatic hydroxyl groups is 1. The molecule has 18 heavy (non-hydrogen) atoms. The van der Waals surface area contributed by atoms with Crippen molar-refractivity contribution in [2.24, 2.45) is 0 Å². The van der Waals surface area contributed by atoms with Crippen molar-refractivity contribution in [3.05, 3.63) is 41.7 Å². The molecule has 2 N–H and O–H groups in total. The molecule has 0 heterocycles. The highest BCUT2D eigenvalue weighted by Gasteiger charge is 1.99. The minimum absolute atomic E-state index is 0.224. The Morgan fingerprint density at radius 1 is 1.28 bits per heavy atom. The summed E-state index contributed by atoms with van der Waals surface area (Å²) in [6.07, 6.45) is 2.10. The summed E-state index contributed by atoms with van der Waals surface area (Å²) < 4.78 is 10.5. The molecule has 0 aromatic heterocycles. The molecule has 0 atom stereocenters. The molecule has 0 fully saturated rings. The smallest absolute Gasteiger partial charge is 0.121 e. The molecule has 0 bridgehead atoms. The molecule has 0 aliphatic carbocycles. The van der Waals surface area contributed by atoms with Gasteiger partial charge in [-0.25, -0.2) is 0 Å². The van der Waals surface area contributed by atoms with E-state index in [0.717, 1.165) is 5.56 Å². The van der Waals surface area contributed by atoms with Gasteiger partial charge in [0.2, 0.25) is 0 Å². The molecular weight excluding hydrogens is 232 g/mol. The third kappa shape index (κ3) is 5.70. The van der Waals surface area contributed by atoms with Crippen molar-refractivity contribution in [2.75, 3.05) is 19.8 Å². The van der Waals surface area contributed by atoms with Gasteiger partial charge in [-0.1, -0.05) is 18.2 Å². The molecule has 1 rings (SSSR count). The summed E-state index contributed by atoms with van der Waals surface area (Å²) in [6.45, 7) is 3.71. The largest absolute Gasteiger partial charge is 0.512 e. The van der Waals surface area contributed by atoms with Crippen LogP contribution in [0.15, 0.2) is 36.1 Å². The molecule has 0 aliphatic rings. The Hall–Kier alpha value is -1.52. The molecule has 0 spiro atoms. The van der Waals surface area contributed by atoms with E-state index in [2.05, 4.69) is 0 Å². The molecule has 0 saturated heterocycles. The van der Waals surface area contributed by atoms with Gasteiger partial charge in [0.1, 0.15) is 5.75 Å². The Labute approximate surface area is 107 Å². The van der Waals surface area contributed by atoms with Crippen LogP contribution in [0.2, 0.25) is 0 Å². The number of hydrogen-bond donors (Lipinski definition) is 2. The average molecular weight is 252 g/mol. The normalized spacial score (nSPS) is 11.7. The Bertz CT molecular complexity index is 374. The molecule has 0 unspecified atom stereocenters. The molecule has 1 aromatic carbocycles.